The highest BCUT2D eigenvalue weighted by Gasteiger charge is 2.31. The lowest BCUT2D eigenvalue weighted by Crippen LogP contribution is -2.22. The van der Waals surface area contributed by atoms with Crippen molar-refractivity contribution in [1.82, 2.24) is 5.32 Å². The number of benzene rings is 1. The topological polar surface area (TPSA) is 41.1 Å². The molecule has 1 heterocycles. The Bertz CT molecular complexity index is 605. The van der Waals surface area contributed by atoms with E-state index in [1.54, 1.807) is 24.8 Å². The van der Waals surface area contributed by atoms with E-state index in [-0.39, 0.29) is 16.0 Å². The molecule has 1 aliphatic heterocycles. The van der Waals surface area contributed by atoms with Crippen LogP contribution in [0.4, 0.5) is 14.5 Å². The van der Waals surface area contributed by atoms with Gasteiger partial charge >= 0.3 is 0 Å². The van der Waals surface area contributed by atoms with Gasteiger partial charge in [-0.05, 0) is 23.8 Å². The molecule has 0 spiro atoms. The van der Waals surface area contributed by atoms with Gasteiger partial charge in [-0.3, -0.25) is 4.79 Å². The first-order valence-corrected chi connectivity index (χ1v) is 9.27. The lowest BCUT2D eigenvalue weighted by molar-refractivity contribution is -0.112. The van der Waals surface area contributed by atoms with Crippen LogP contribution in [0.1, 0.15) is 26.3 Å². The van der Waals surface area contributed by atoms with Crippen molar-refractivity contribution in [3.8, 4) is 0 Å². The number of nitrogens with one attached hydrogen (secondary N) is 2. The largest absolute Gasteiger partial charge is 0.371 e. The number of rotatable bonds is 6. The number of hydrogen-bond donors (Lipinski definition) is 2. The third-order valence-corrected chi connectivity index (χ3v) is 5.42. The molecule has 1 unspecified atom stereocenters. The number of hydrogen-bond acceptors (Lipinski definition) is 4. The molecular formula is C16H20F2N2OS2. The summed E-state index contributed by atoms with van der Waals surface area (Å²) in [4.78, 5) is 12.5. The standard InChI is InChI=1S/C16H20F2N2OS2/c1-9(2)22-8-11-6-4-5-7-12(11)20-16(21)14-13(15(17)18)19-10(3)23-14/h4-7,9-10,15,19H,8H2,1-3H3,(H,20,21). The molecule has 0 aromatic heterocycles. The van der Waals surface area contributed by atoms with E-state index in [0.29, 0.717) is 10.9 Å². The maximum absolute atomic E-state index is 13.0. The maximum atomic E-state index is 13.0. The molecule has 7 heteroatoms. The third kappa shape index (κ3) is 4.88. The molecule has 0 radical (unpaired) electrons. The molecule has 3 nitrogen and oxygen atoms in total. The number of anilines is 1. The van der Waals surface area contributed by atoms with Crippen molar-refractivity contribution in [3.05, 3.63) is 40.4 Å². The van der Waals surface area contributed by atoms with Crippen LogP contribution in [0.5, 0.6) is 0 Å². The predicted molar refractivity (Wildman–Crippen MR) is 94.7 cm³/mol. The number of amides is 1. The summed E-state index contributed by atoms with van der Waals surface area (Å²) in [7, 11) is 0. The van der Waals surface area contributed by atoms with Gasteiger partial charge in [0.05, 0.1) is 16.0 Å². The summed E-state index contributed by atoms with van der Waals surface area (Å²) in [5, 5.41) is 5.67. The fourth-order valence-corrected chi connectivity index (χ4v) is 3.83. The van der Waals surface area contributed by atoms with Crippen LogP contribution in [0.15, 0.2) is 34.9 Å². The van der Waals surface area contributed by atoms with Gasteiger partial charge in [0.1, 0.15) is 0 Å². The first-order valence-electron chi connectivity index (χ1n) is 7.35. The molecule has 23 heavy (non-hydrogen) atoms. The lowest BCUT2D eigenvalue weighted by Gasteiger charge is -2.12. The van der Waals surface area contributed by atoms with E-state index in [2.05, 4.69) is 24.5 Å². The summed E-state index contributed by atoms with van der Waals surface area (Å²) in [6.07, 6.45) is -2.68. The highest BCUT2D eigenvalue weighted by Crippen LogP contribution is 2.34. The van der Waals surface area contributed by atoms with Crippen LogP contribution in [-0.2, 0) is 10.5 Å². The maximum Gasteiger partial charge on any atom is 0.279 e. The van der Waals surface area contributed by atoms with Crippen LogP contribution in [0.3, 0.4) is 0 Å². The molecule has 0 saturated heterocycles. The van der Waals surface area contributed by atoms with Crippen LogP contribution in [0.2, 0.25) is 0 Å². The zero-order chi connectivity index (χ0) is 17.0. The molecule has 2 rings (SSSR count). The summed E-state index contributed by atoms with van der Waals surface area (Å²) in [5.74, 6) is 0.278. The molecule has 1 atom stereocenters. The van der Waals surface area contributed by atoms with Crippen molar-refractivity contribution < 1.29 is 13.6 Å². The quantitative estimate of drug-likeness (QED) is 0.789. The number of allylic oxidation sites excluding steroid dienone is 1. The minimum Gasteiger partial charge on any atom is -0.371 e. The smallest absolute Gasteiger partial charge is 0.279 e. The predicted octanol–water partition coefficient (Wildman–Crippen LogP) is 4.43. The second-order valence-corrected chi connectivity index (χ2v) is 8.33. The number of carbonyl (C=O) groups excluding carboxylic acids is 1. The SMILES string of the molecule is CC(C)SCc1ccccc1NC(=O)C1=C(C(F)F)NC(C)S1. The molecule has 0 fully saturated rings. The summed E-state index contributed by atoms with van der Waals surface area (Å²) in [6, 6.07) is 7.47. The van der Waals surface area contributed by atoms with Crippen molar-refractivity contribution in [2.75, 3.05) is 5.32 Å². The fourth-order valence-electron chi connectivity index (χ4n) is 2.10. The second kappa shape index (κ2) is 8.06. The summed E-state index contributed by atoms with van der Waals surface area (Å²) in [6.45, 7) is 5.96. The summed E-state index contributed by atoms with van der Waals surface area (Å²) in [5.41, 5.74) is 1.38. The zero-order valence-corrected chi connectivity index (χ0v) is 14.9. The Balaban J connectivity index is 2.16. The van der Waals surface area contributed by atoms with Crippen LogP contribution >= 0.6 is 23.5 Å². The Morgan fingerprint density at radius 3 is 2.74 bits per heavy atom. The Hall–Kier alpha value is -1.21. The highest BCUT2D eigenvalue weighted by molar-refractivity contribution is 8.04. The average molecular weight is 358 g/mol. The van der Waals surface area contributed by atoms with Gasteiger partial charge in [-0.15, -0.1) is 0 Å². The van der Waals surface area contributed by atoms with Crippen LogP contribution in [0.25, 0.3) is 0 Å². The molecule has 1 aromatic carbocycles. The van der Waals surface area contributed by atoms with E-state index in [1.807, 2.05) is 18.2 Å². The Kier molecular flexibility index (Phi) is 6.35. The number of thioether (sulfide) groups is 2. The minimum atomic E-state index is -2.68. The molecule has 1 aliphatic rings. The molecule has 0 bridgehead atoms. The van der Waals surface area contributed by atoms with Crippen LogP contribution < -0.4 is 10.6 Å². The molecule has 0 saturated carbocycles. The molecule has 2 N–H and O–H groups in total. The van der Waals surface area contributed by atoms with E-state index >= 15 is 0 Å². The van der Waals surface area contributed by atoms with Crippen molar-refractivity contribution in [3.63, 3.8) is 0 Å². The Morgan fingerprint density at radius 1 is 1.39 bits per heavy atom. The van der Waals surface area contributed by atoms with Gasteiger partial charge in [-0.2, -0.15) is 11.8 Å². The first-order chi connectivity index (χ1) is 10.9. The van der Waals surface area contributed by atoms with Crippen molar-refractivity contribution in [1.29, 1.82) is 0 Å². The van der Waals surface area contributed by atoms with Gasteiger partial charge in [0.25, 0.3) is 12.3 Å². The van der Waals surface area contributed by atoms with Gasteiger partial charge in [0.15, 0.2) is 0 Å². The van der Waals surface area contributed by atoms with E-state index in [1.165, 1.54) is 0 Å². The molecule has 126 valence electrons. The van der Waals surface area contributed by atoms with Gasteiger partial charge in [-0.25, -0.2) is 8.78 Å². The van der Waals surface area contributed by atoms with Crippen molar-refractivity contribution in [2.24, 2.45) is 0 Å². The van der Waals surface area contributed by atoms with Gasteiger partial charge in [0, 0.05) is 11.4 Å². The fraction of sp³-hybridized carbons (Fsp3) is 0.438. The number of carbonyl (C=O) groups is 1. The van der Waals surface area contributed by atoms with Gasteiger partial charge in [0.2, 0.25) is 0 Å². The zero-order valence-electron chi connectivity index (χ0n) is 13.2. The Labute approximate surface area is 143 Å². The van der Waals surface area contributed by atoms with Crippen molar-refractivity contribution in [2.45, 2.75) is 43.6 Å². The average Bonchev–Trinajstić information content (AvgIpc) is 2.88. The van der Waals surface area contributed by atoms with Crippen molar-refractivity contribution >= 4 is 35.1 Å². The summed E-state index contributed by atoms with van der Waals surface area (Å²) >= 11 is 2.89. The van der Waals surface area contributed by atoms with E-state index in [0.717, 1.165) is 23.1 Å². The van der Waals surface area contributed by atoms with E-state index in [9.17, 15) is 13.6 Å². The molecule has 1 aromatic rings. The Morgan fingerprint density at radius 2 is 2.09 bits per heavy atom. The van der Waals surface area contributed by atoms with Gasteiger partial charge in [-0.1, -0.05) is 43.8 Å². The minimum absolute atomic E-state index is 0.0683. The number of halogens is 2. The first kappa shape index (κ1) is 18.1. The molecular weight excluding hydrogens is 338 g/mol. The van der Waals surface area contributed by atoms with Gasteiger partial charge < -0.3 is 10.6 Å². The second-order valence-electron chi connectivity index (χ2n) is 5.42. The monoisotopic (exact) mass is 358 g/mol. The highest BCUT2D eigenvalue weighted by atomic mass is 32.2. The van der Waals surface area contributed by atoms with E-state index < -0.39 is 12.3 Å². The molecule has 1 amide bonds. The number of alkyl halides is 2. The summed E-state index contributed by atoms with van der Waals surface area (Å²) < 4.78 is 26.1. The normalized spacial score (nSPS) is 17.8. The van der Waals surface area contributed by atoms with Crippen LogP contribution in [-0.4, -0.2) is 23.0 Å². The van der Waals surface area contributed by atoms with E-state index in [4.69, 9.17) is 0 Å². The molecule has 0 aliphatic carbocycles. The van der Waals surface area contributed by atoms with Crippen LogP contribution in [0, 0.1) is 0 Å². The number of para-hydroxylation sites is 1. The third-order valence-electron chi connectivity index (χ3n) is 3.16. The lowest BCUT2D eigenvalue weighted by atomic mass is 10.2.